The molecule has 2 N–H and O–H groups in total. The maximum atomic E-state index is 13.0. The molecule has 0 amide bonds. The van der Waals surface area contributed by atoms with Gasteiger partial charge < -0.3 is 24.1 Å². The fourth-order valence-electron chi connectivity index (χ4n) is 6.49. The number of alkyl halides is 3. The average Bonchev–Trinajstić information content (AvgIpc) is 3.15. The number of halogens is 3. The van der Waals surface area contributed by atoms with Gasteiger partial charge in [0, 0.05) is 27.9 Å². The van der Waals surface area contributed by atoms with Crippen LogP contribution in [0.25, 0.3) is 33.0 Å². The first-order valence-electron chi connectivity index (χ1n) is 18.3. The van der Waals surface area contributed by atoms with E-state index in [1.54, 1.807) is 0 Å². The van der Waals surface area contributed by atoms with Crippen molar-refractivity contribution in [3.63, 3.8) is 0 Å². The van der Waals surface area contributed by atoms with Gasteiger partial charge in [0.25, 0.3) is 0 Å². The van der Waals surface area contributed by atoms with Crippen molar-refractivity contribution in [3.8, 4) is 39.5 Å². The van der Waals surface area contributed by atoms with Gasteiger partial charge in [-0.15, -0.1) is 0 Å². The number of ether oxygens (including phenoxy) is 2. The van der Waals surface area contributed by atoms with Gasteiger partial charge in [0.05, 0.1) is 13.2 Å². The number of rotatable bonds is 17. The number of hydrogen-bond acceptors (Lipinski definition) is 7. The summed E-state index contributed by atoms with van der Waals surface area (Å²) in [6.45, 7) is 5.14. The zero-order chi connectivity index (χ0) is 37.4. The normalized spacial score (nSPS) is 12.7. The van der Waals surface area contributed by atoms with Crippen LogP contribution in [-0.4, -0.2) is 34.1 Å². The second kappa shape index (κ2) is 16.9. The third-order valence-corrected chi connectivity index (χ3v) is 10.3. The molecule has 0 atom stereocenters. The summed E-state index contributed by atoms with van der Waals surface area (Å²) in [6, 6.07) is 30.1. The van der Waals surface area contributed by atoms with Gasteiger partial charge in [0.15, 0.2) is 0 Å². The summed E-state index contributed by atoms with van der Waals surface area (Å²) in [6.07, 6.45) is 8.16. The predicted molar refractivity (Wildman–Crippen MR) is 209 cm³/mol. The second-order valence-electron chi connectivity index (χ2n) is 13.2. The minimum atomic E-state index is -5.80. The van der Waals surface area contributed by atoms with E-state index in [2.05, 4.69) is 89.1 Å². The highest BCUT2D eigenvalue weighted by Gasteiger charge is 2.48. The van der Waals surface area contributed by atoms with Crippen molar-refractivity contribution in [1.29, 1.82) is 0 Å². The summed E-state index contributed by atoms with van der Waals surface area (Å²) in [4.78, 5) is 0. The fourth-order valence-corrected chi connectivity index (χ4v) is 6.95. The molecule has 0 aliphatic carbocycles. The van der Waals surface area contributed by atoms with E-state index in [4.69, 9.17) is 9.47 Å². The molecule has 1 heterocycles. The van der Waals surface area contributed by atoms with Crippen molar-refractivity contribution in [2.75, 3.05) is 23.7 Å². The molecule has 7 nitrogen and oxygen atoms in total. The zero-order valence-corrected chi connectivity index (χ0v) is 30.8. The fraction of sp³-hybridized carbons (Fsp3) is 0.317. The molecule has 1 aliphatic rings. The van der Waals surface area contributed by atoms with Gasteiger partial charge >= 0.3 is 22.6 Å². The Kier molecular flexibility index (Phi) is 12.1. The molecule has 0 fully saturated rings. The minimum Gasteiger partial charge on any atom is -0.493 e. The smallest absolute Gasteiger partial charge is 0.493 e. The van der Waals surface area contributed by atoms with Crippen molar-refractivity contribution in [3.05, 3.63) is 97.1 Å². The summed E-state index contributed by atoms with van der Waals surface area (Å²) in [7, 11) is -5.80. The Hall–Kier alpha value is -4.84. The zero-order valence-electron chi connectivity index (χ0n) is 30.0. The molecule has 0 aromatic heterocycles. The second-order valence-corrected chi connectivity index (χ2v) is 14.8. The molecule has 278 valence electrons. The largest absolute Gasteiger partial charge is 0.534 e. The van der Waals surface area contributed by atoms with Crippen molar-refractivity contribution < 1.29 is 35.2 Å². The van der Waals surface area contributed by atoms with Gasteiger partial charge in [0.2, 0.25) is 0 Å². The van der Waals surface area contributed by atoms with E-state index in [1.807, 2.05) is 12.1 Å². The maximum Gasteiger partial charge on any atom is 0.534 e. The number of nitrogens with one attached hydrogen (secondary N) is 2. The lowest BCUT2D eigenvalue weighted by atomic mass is 9.66. The summed E-state index contributed by atoms with van der Waals surface area (Å²) in [5, 5.41) is 9.60. The molecule has 0 spiro atoms. The Morgan fingerprint density at radius 1 is 0.642 bits per heavy atom. The van der Waals surface area contributed by atoms with Crippen LogP contribution in [-0.2, 0) is 10.1 Å². The van der Waals surface area contributed by atoms with Crippen molar-refractivity contribution in [1.82, 2.24) is 0 Å². The molecule has 0 bridgehead atoms. The Morgan fingerprint density at radius 3 is 1.60 bits per heavy atom. The first kappa shape index (κ1) is 37.9. The summed E-state index contributed by atoms with van der Waals surface area (Å²) in [5.74, 6) is 0.771. The Bertz CT molecular complexity index is 2070. The lowest BCUT2D eigenvalue weighted by Gasteiger charge is -2.27. The van der Waals surface area contributed by atoms with Crippen LogP contribution in [0.2, 0.25) is 0 Å². The van der Waals surface area contributed by atoms with Gasteiger partial charge in [-0.1, -0.05) is 113 Å². The van der Waals surface area contributed by atoms with Crippen LogP contribution < -0.4 is 29.6 Å². The molecule has 0 radical (unpaired) electrons. The van der Waals surface area contributed by atoms with Crippen molar-refractivity contribution >= 4 is 44.7 Å². The third-order valence-electron chi connectivity index (χ3n) is 9.31. The Labute approximate surface area is 310 Å². The minimum absolute atomic E-state index is 0.138. The highest BCUT2D eigenvalue weighted by molar-refractivity contribution is 7.88. The predicted octanol–water partition coefficient (Wildman–Crippen LogP) is 10.6. The van der Waals surface area contributed by atoms with E-state index >= 15 is 0 Å². The number of hydrogen-bond donors (Lipinski definition) is 2. The topological polar surface area (TPSA) is 85.9 Å². The van der Waals surface area contributed by atoms with E-state index in [0.29, 0.717) is 35.8 Å². The standard InChI is InChI=1S/C41H44BF3N2O5S/c1-3-5-7-9-25-50-38-28-35(30-19-23-33(24-20-30)52-53(48,49)41(43,44)45)39(51-26-10-8-6-4-2)27-34(38)29-17-21-32(22-18-29)42-46-36-15-11-13-31-14-12-16-37(47-42)40(31)36/h11-24,27-28,46-47H,3-10,25-26H2,1-2H3. The summed E-state index contributed by atoms with van der Waals surface area (Å²) < 4.78 is 79.3. The molecule has 53 heavy (non-hydrogen) atoms. The van der Waals surface area contributed by atoms with E-state index < -0.39 is 21.4 Å². The SMILES string of the molecule is CCCCCCOc1cc(-c2ccc(B3Nc4cccc5cccc(c45)N3)cc2)c(OCCCCCC)cc1-c1ccc(OS(=O)(=O)C(F)(F)F)cc1. The molecule has 1 aliphatic heterocycles. The van der Waals surface area contributed by atoms with Crippen LogP contribution in [0.5, 0.6) is 17.2 Å². The Balaban J connectivity index is 1.33. The van der Waals surface area contributed by atoms with E-state index in [0.717, 1.165) is 79.3 Å². The van der Waals surface area contributed by atoms with Gasteiger partial charge in [-0.05, 0) is 71.2 Å². The summed E-state index contributed by atoms with van der Waals surface area (Å²) >= 11 is 0. The van der Waals surface area contributed by atoms with Gasteiger partial charge in [-0.2, -0.15) is 21.6 Å². The van der Waals surface area contributed by atoms with Crippen LogP contribution in [0.4, 0.5) is 24.5 Å². The van der Waals surface area contributed by atoms with Gasteiger partial charge in [-0.25, -0.2) is 0 Å². The van der Waals surface area contributed by atoms with E-state index in [1.165, 1.54) is 35.0 Å². The van der Waals surface area contributed by atoms with Crippen LogP contribution >= 0.6 is 0 Å². The highest BCUT2D eigenvalue weighted by Crippen LogP contribution is 2.42. The van der Waals surface area contributed by atoms with E-state index in [9.17, 15) is 21.6 Å². The van der Waals surface area contributed by atoms with Crippen LogP contribution in [0.3, 0.4) is 0 Å². The molecule has 0 unspecified atom stereocenters. The first-order valence-corrected chi connectivity index (χ1v) is 19.7. The van der Waals surface area contributed by atoms with Gasteiger partial charge in [0.1, 0.15) is 17.2 Å². The molecular weight excluding hydrogens is 700 g/mol. The number of anilines is 2. The maximum absolute atomic E-state index is 13.0. The Morgan fingerprint density at radius 2 is 1.13 bits per heavy atom. The molecule has 0 saturated heterocycles. The molecule has 12 heteroatoms. The number of benzene rings is 5. The summed E-state index contributed by atoms with van der Waals surface area (Å²) in [5.41, 5.74) is 0.706. The molecule has 0 saturated carbocycles. The molecule has 6 rings (SSSR count). The van der Waals surface area contributed by atoms with Crippen LogP contribution in [0, 0.1) is 0 Å². The van der Waals surface area contributed by atoms with Crippen molar-refractivity contribution in [2.45, 2.75) is 70.7 Å². The highest BCUT2D eigenvalue weighted by atomic mass is 32.2. The monoisotopic (exact) mass is 744 g/mol. The van der Waals surface area contributed by atoms with Crippen LogP contribution in [0.15, 0.2) is 97.1 Å². The molecule has 5 aromatic rings. The van der Waals surface area contributed by atoms with Crippen LogP contribution in [0.1, 0.15) is 65.2 Å². The average molecular weight is 745 g/mol. The quantitative estimate of drug-likeness (QED) is 0.0424. The van der Waals surface area contributed by atoms with Crippen molar-refractivity contribution in [2.24, 2.45) is 0 Å². The lowest BCUT2D eigenvalue weighted by Crippen LogP contribution is -2.47. The third kappa shape index (κ3) is 9.04. The number of unbranched alkanes of at least 4 members (excludes halogenated alkanes) is 6. The molecule has 5 aromatic carbocycles. The lowest BCUT2D eigenvalue weighted by molar-refractivity contribution is -0.0500. The first-order chi connectivity index (χ1) is 25.6. The molecular formula is C41H44BF3N2O5S. The van der Waals surface area contributed by atoms with E-state index in [-0.39, 0.29) is 6.98 Å². The van der Waals surface area contributed by atoms with Gasteiger partial charge in [-0.3, -0.25) is 0 Å².